The summed E-state index contributed by atoms with van der Waals surface area (Å²) in [5.74, 6) is 0.425. The molecule has 0 amide bonds. The molecule has 0 fully saturated rings. The second kappa shape index (κ2) is 5.36. The number of benzene rings is 1. The van der Waals surface area contributed by atoms with Gasteiger partial charge >= 0.3 is 0 Å². The summed E-state index contributed by atoms with van der Waals surface area (Å²) in [6.07, 6.45) is 0. The van der Waals surface area contributed by atoms with Crippen LogP contribution in [0.5, 0.6) is 0 Å². The Morgan fingerprint density at radius 3 is 2.47 bits per heavy atom. The van der Waals surface area contributed by atoms with E-state index in [1.807, 2.05) is 26.0 Å². The summed E-state index contributed by atoms with van der Waals surface area (Å²) in [5, 5.41) is 12.9. The second-order valence-corrected chi connectivity index (χ2v) is 4.85. The Bertz CT molecular complexity index is 582. The molecule has 4 nitrogen and oxygen atoms in total. The van der Waals surface area contributed by atoms with E-state index in [0.29, 0.717) is 17.0 Å². The van der Waals surface area contributed by atoms with Crippen molar-refractivity contribution in [3.8, 4) is 11.3 Å². The molecule has 4 heteroatoms. The molecule has 1 aromatic heterocycles. The molecule has 0 atom stereocenters. The highest BCUT2D eigenvalue weighted by Gasteiger charge is 2.23. The van der Waals surface area contributed by atoms with Gasteiger partial charge in [0.25, 0.3) is 0 Å². The molecular weight excluding hydrogens is 242 g/mol. The average molecular weight is 259 g/mol. The number of hydrogen-bond acceptors (Lipinski definition) is 4. The Balaban J connectivity index is 2.47. The Morgan fingerprint density at radius 1 is 1.32 bits per heavy atom. The number of carbonyl (C=O) groups excluding carboxylic acids is 1. The molecular formula is C15H17NO3. The number of hydrogen-bond donors (Lipinski definition) is 1. The van der Waals surface area contributed by atoms with Gasteiger partial charge in [0.2, 0.25) is 0 Å². The number of carbonyl (C=O) groups is 1. The monoisotopic (exact) mass is 259 g/mol. The molecule has 0 bridgehead atoms. The molecule has 1 N–H and O–H groups in total. The molecule has 19 heavy (non-hydrogen) atoms. The van der Waals surface area contributed by atoms with Crippen molar-refractivity contribution in [1.82, 2.24) is 5.16 Å². The minimum absolute atomic E-state index is 0.00645. The van der Waals surface area contributed by atoms with E-state index >= 15 is 0 Å². The molecule has 2 aromatic rings. The molecule has 0 aliphatic heterocycles. The first kappa shape index (κ1) is 13.5. The Labute approximate surface area is 112 Å². The Morgan fingerprint density at radius 2 is 1.95 bits per heavy atom. The number of aliphatic hydroxyl groups is 1. The van der Waals surface area contributed by atoms with Gasteiger partial charge in [-0.05, 0) is 12.5 Å². The number of nitrogens with zero attached hydrogens (tertiary/aromatic N) is 1. The molecule has 1 aromatic carbocycles. The van der Waals surface area contributed by atoms with Crippen molar-refractivity contribution in [3.63, 3.8) is 0 Å². The molecule has 0 saturated carbocycles. The number of aliphatic hydroxyl groups excluding tert-OH is 1. The normalized spacial score (nSPS) is 11.0. The summed E-state index contributed by atoms with van der Waals surface area (Å²) in [6, 6.07) is 7.25. The molecule has 0 spiro atoms. The van der Waals surface area contributed by atoms with Crippen LogP contribution in [0.1, 0.15) is 35.5 Å². The van der Waals surface area contributed by atoms with Crippen LogP contribution in [-0.2, 0) is 6.61 Å². The van der Waals surface area contributed by atoms with Gasteiger partial charge in [0.1, 0.15) is 0 Å². The largest absolute Gasteiger partial charge is 0.392 e. The lowest BCUT2D eigenvalue weighted by Gasteiger charge is -2.05. The summed E-state index contributed by atoms with van der Waals surface area (Å²) in [5.41, 5.74) is 2.77. The first-order chi connectivity index (χ1) is 9.04. The van der Waals surface area contributed by atoms with Gasteiger partial charge < -0.3 is 9.63 Å². The fourth-order valence-corrected chi connectivity index (χ4v) is 1.91. The van der Waals surface area contributed by atoms with Crippen LogP contribution in [0, 0.1) is 12.8 Å². The van der Waals surface area contributed by atoms with Crippen LogP contribution >= 0.6 is 0 Å². The summed E-state index contributed by atoms with van der Waals surface area (Å²) in [4.78, 5) is 12.2. The SMILES string of the molecule is Cc1noc(-c2ccc(CO)cc2)c1C(=O)C(C)C. The lowest BCUT2D eigenvalue weighted by molar-refractivity contribution is 0.0939. The quantitative estimate of drug-likeness (QED) is 0.857. The molecule has 0 radical (unpaired) electrons. The molecule has 0 unspecified atom stereocenters. The predicted octanol–water partition coefficient (Wildman–Crippen LogP) is 2.98. The summed E-state index contributed by atoms with van der Waals surface area (Å²) < 4.78 is 5.29. The molecule has 0 aliphatic rings. The first-order valence-electron chi connectivity index (χ1n) is 6.25. The van der Waals surface area contributed by atoms with Crippen LogP contribution < -0.4 is 0 Å². The number of Topliss-reactive ketones (excluding diaryl/α,β-unsaturated/α-hetero) is 1. The van der Waals surface area contributed by atoms with Gasteiger partial charge in [-0.15, -0.1) is 0 Å². The third-order valence-corrected chi connectivity index (χ3v) is 3.03. The molecule has 1 heterocycles. The van der Waals surface area contributed by atoms with Crippen LogP contribution in [0.3, 0.4) is 0 Å². The average Bonchev–Trinajstić information content (AvgIpc) is 2.79. The Kier molecular flexibility index (Phi) is 3.81. The van der Waals surface area contributed by atoms with Crippen molar-refractivity contribution < 1.29 is 14.4 Å². The van der Waals surface area contributed by atoms with E-state index < -0.39 is 0 Å². The van der Waals surface area contributed by atoms with Crippen LogP contribution in [-0.4, -0.2) is 16.0 Å². The number of aromatic nitrogens is 1. The van der Waals surface area contributed by atoms with Crippen molar-refractivity contribution >= 4 is 5.78 Å². The Hall–Kier alpha value is -1.94. The van der Waals surface area contributed by atoms with Crippen LogP contribution in [0.15, 0.2) is 28.8 Å². The van der Waals surface area contributed by atoms with Crippen molar-refractivity contribution in [1.29, 1.82) is 0 Å². The molecule has 0 saturated heterocycles. The lowest BCUT2D eigenvalue weighted by atomic mass is 9.96. The van der Waals surface area contributed by atoms with Crippen molar-refractivity contribution in [2.75, 3.05) is 0 Å². The third kappa shape index (κ3) is 2.58. The first-order valence-corrected chi connectivity index (χ1v) is 6.25. The zero-order chi connectivity index (χ0) is 14.0. The zero-order valence-corrected chi connectivity index (χ0v) is 11.3. The fourth-order valence-electron chi connectivity index (χ4n) is 1.91. The highest BCUT2D eigenvalue weighted by Crippen LogP contribution is 2.28. The third-order valence-electron chi connectivity index (χ3n) is 3.03. The second-order valence-electron chi connectivity index (χ2n) is 4.85. The standard InChI is InChI=1S/C15H17NO3/c1-9(2)14(18)13-10(3)16-19-15(13)12-6-4-11(8-17)5-7-12/h4-7,9,17H,8H2,1-3H3. The van der Waals surface area contributed by atoms with E-state index in [9.17, 15) is 4.79 Å². The van der Waals surface area contributed by atoms with E-state index in [4.69, 9.17) is 9.63 Å². The van der Waals surface area contributed by atoms with Crippen molar-refractivity contribution in [2.45, 2.75) is 27.4 Å². The topological polar surface area (TPSA) is 63.3 Å². The van der Waals surface area contributed by atoms with Crippen molar-refractivity contribution in [2.24, 2.45) is 5.92 Å². The number of ketones is 1. The van der Waals surface area contributed by atoms with Crippen LogP contribution in [0.2, 0.25) is 0 Å². The molecule has 0 aliphatic carbocycles. The maximum absolute atomic E-state index is 12.2. The van der Waals surface area contributed by atoms with E-state index in [-0.39, 0.29) is 18.3 Å². The minimum Gasteiger partial charge on any atom is -0.392 e. The lowest BCUT2D eigenvalue weighted by Crippen LogP contribution is -2.09. The van der Waals surface area contributed by atoms with E-state index in [1.54, 1.807) is 19.1 Å². The number of aryl methyl sites for hydroxylation is 1. The van der Waals surface area contributed by atoms with E-state index in [2.05, 4.69) is 5.16 Å². The maximum atomic E-state index is 12.2. The van der Waals surface area contributed by atoms with Crippen LogP contribution in [0.25, 0.3) is 11.3 Å². The molecule has 100 valence electrons. The highest BCUT2D eigenvalue weighted by atomic mass is 16.5. The van der Waals surface area contributed by atoms with E-state index in [1.165, 1.54) is 0 Å². The van der Waals surface area contributed by atoms with Gasteiger partial charge in [0.05, 0.1) is 17.9 Å². The van der Waals surface area contributed by atoms with Gasteiger partial charge in [0, 0.05) is 11.5 Å². The maximum Gasteiger partial charge on any atom is 0.177 e. The van der Waals surface area contributed by atoms with Crippen LogP contribution in [0.4, 0.5) is 0 Å². The summed E-state index contributed by atoms with van der Waals surface area (Å²) in [6.45, 7) is 5.47. The van der Waals surface area contributed by atoms with Gasteiger partial charge in [-0.2, -0.15) is 0 Å². The van der Waals surface area contributed by atoms with Gasteiger partial charge in [0.15, 0.2) is 11.5 Å². The van der Waals surface area contributed by atoms with Gasteiger partial charge in [-0.3, -0.25) is 4.79 Å². The smallest absolute Gasteiger partial charge is 0.177 e. The van der Waals surface area contributed by atoms with Gasteiger partial charge in [-0.1, -0.05) is 43.3 Å². The van der Waals surface area contributed by atoms with Crippen molar-refractivity contribution in [3.05, 3.63) is 41.1 Å². The zero-order valence-electron chi connectivity index (χ0n) is 11.3. The summed E-state index contributed by atoms with van der Waals surface area (Å²) in [7, 11) is 0. The predicted molar refractivity (Wildman–Crippen MR) is 71.8 cm³/mol. The number of rotatable bonds is 4. The van der Waals surface area contributed by atoms with E-state index in [0.717, 1.165) is 11.1 Å². The summed E-state index contributed by atoms with van der Waals surface area (Å²) >= 11 is 0. The fraction of sp³-hybridized carbons (Fsp3) is 0.333. The van der Waals surface area contributed by atoms with Gasteiger partial charge in [-0.25, -0.2) is 0 Å². The minimum atomic E-state index is -0.103. The highest BCUT2D eigenvalue weighted by molar-refractivity contribution is 6.03. The molecule has 2 rings (SSSR count).